The van der Waals surface area contributed by atoms with Crippen molar-refractivity contribution in [3.05, 3.63) is 102 Å². The fourth-order valence-electron chi connectivity index (χ4n) is 3.57. The zero-order valence-corrected chi connectivity index (χ0v) is 19.6. The topological polar surface area (TPSA) is 49.4 Å². The number of thioether (sulfide) groups is 1. The molecule has 0 saturated carbocycles. The Morgan fingerprint density at radius 3 is 2.24 bits per heavy atom. The summed E-state index contributed by atoms with van der Waals surface area (Å²) in [5.41, 5.74) is 1.34. The molecule has 0 aromatic heterocycles. The maximum Gasteiger partial charge on any atom is 0.243 e. The first-order chi connectivity index (χ1) is 16.1. The summed E-state index contributed by atoms with van der Waals surface area (Å²) in [6.45, 7) is 2.34. The van der Waals surface area contributed by atoms with Crippen LogP contribution in [0.3, 0.4) is 0 Å². The van der Waals surface area contributed by atoms with Crippen molar-refractivity contribution in [1.82, 2.24) is 10.2 Å². The quantitative estimate of drug-likeness (QED) is 0.403. The molecule has 0 unspecified atom stereocenters. The fraction of sp³-hybridized carbons (Fsp3) is 0.259. The van der Waals surface area contributed by atoms with E-state index in [4.69, 9.17) is 0 Å². The Kier molecular flexibility index (Phi) is 9.51. The maximum absolute atomic E-state index is 14.5. The molecule has 3 aromatic rings. The Hall–Kier alpha value is -3.12. The molecule has 1 atom stereocenters. The highest BCUT2D eigenvalue weighted by molar-refractivity contribution is 7.99. The van der Waals surface area contributed by atoms with Crippen LogP contribution >= 0.6 is 11.8 Å². The number of hydrogen-bond acceptors (Lipinski definition) is 3. The number of benzene rings is 3. The third kappa shape index (κ3) is 7.46. The van der Waals surface area contributed by atoms with Gasteiger partial charge in [0.1, 0.15) is 11.9 Å². The monoisotopic (exact) mass is 464 g/mol. The second-order valence-electron chi connectivity index (χ2n) is 7.62. The molecule has 33 heavy (non-hydrogen) atoms. The second-order valence-corrected chi connectivity index (χ2v) is 8.79. The van der Waals surface area contributed by atoms with Crippen molar-refractivity contribution in [1.29, 1.82) is 0 Å². The smallest absolute Gasteiger partial charge is 0.243 e. The summed E-state index contributed by atoms with van der Waals surface area (Å²) in [7, 11) is 0. The number of amides is 2. The Morgan fingerprint density at radius 2 is 1.58 bits per heavy atom. The van der Waals surface area contributed by atoms with Gasteiger partial charge in [0.2, 0.25) is 11.8 Å². The molecular weight excluding hydrogens is 435 g/mol. The van der Waals surface area contributed by atoms with Crippen LogP contribution in [-0.4, -0.2) is 35.1 Å². The highest BCUT2D eigenvalue weighted by Crippen LogP contribution is 2.21. The van der Waals surface area contributed by atoms with E-state index in [1.807, 2.05) is 67.6 Å². The van der Waals surface area contributed by atoms with Crippen molar-refractivity contribution in [2.45, 2.75) is 37.2 Å². The number of nitrogens with one attached hydrogen (secondary N) is 1. The third-order valence-electron chi connectivity index (χ3n) is 5.25. The molecule has 0 bridgehead atoms. The molecule has 0 aliphatic carbocycles. The SMILES string of the molecule is CCNC(=O)[C@H](Cc1ccccc1)N(Cc1ccccc1F)C(=O)CCSc1ccccc1. The number of rotatable bonds is 11. The van der Waals surface area contributed by atoms with E-state index in [1.165, 1.54) is 11.0 Å². The summed E-state index contributed by atoms with van der Waals surface area (Å²) in [6.07, 6.45) is 0.609. The molecule has 3 aromatic carbocycles. The summed E-state index contributed by atoms with van der Waals surface area (Å²) in [5.74, 6) is -0.219. The minimum Gasteiger partial charge on any atom is -0.355 e. The summed E-state index contributed by atoms with van der Waals surface area (Å²) < 4.78 is 14.5. The van der Waals surface area contributed by atoms with Crippen LogP contribution < -0.4 is 5.32 Å². The van der Waals surface area contributed by atoms with Crippen molar-refractivity contribution in [2.75, 3.05) is 12.3 Å². The number of hydrogen-bond donors (Lipinski definition) is 1. The van der Waals surface area contributed by atoms with E-state index in [0.29, 0.717) is 24.3 Å². The highest BCUT2D eigenvalue weighted by atomic mass is 32.2. The molecular formula is C27H29FN2O2S. The van der Waals surface area contributed by atoms with E-state index in [2.05, 4.69) is 5.32 Å². The zero-order chi connectivity index (χ0) is 23.5. The van der Waals surface area contributed by atoms with Gasteiger partial charge in [0.15, 0.2) is 0 Å². The third-order valence-corrected chi connectivity index (χ3v) is 6.26. The normalized spacial score (nSPS) is 11.6. The van der Waals surface area contributed by atoms with E-state index < -0.39 is 6.04 Å². The molecule has 2 amide bonds. The summed E-state index contributed by atoms with van der Waals surface area (Å²) in [5, 5.41) is 2.85. The highest BCUT2D eigenvalue weighted by Gasteiger charge is 2.30. The van der Waals surface area contributed by atoms with Crippen molar-refractivity contribution >= 4 is 23.6 Å². The van der Waals surface area contributed by atoms with E-state index >= 15 is 0 Å². The van der Waals surface area contributed by atoms with Crippen LogP contribution in [0.5, 0.6) is 0 Å². The number of likely N-dealkylation sites (N-methyl/N-ethyl adjacent to an activating group) is 1. The summed E-state index contributed by atoms with van der Waals surface area (Å²) >= 11 is 1.59. The Bertz CT molecular complexity index is 1030. The molecule has 0 heterocycles. The van der Waals surface area contributed by atoms with Gasteiger partial charge in [-0.15, -0.1) is 11.8 Å². The van der Waals surface area contributed by atoms with E-state index in [9.17, 15) is 14.0 Å². The molecule has 172 valence electrons. The first-order valence-electron chi connectivity index (χ1n) is 11.1. The lowest BCUT2D eigenvalue weighted by atomic mass is 10.0. The second kappa shape index (κ2) is 12.8. The van der Waals surface area contributed by atoms with Crippen LogP contribution in [0.25, 0.3) is 0 Å². The van der Waals surface area contributed by atoms with Gasteiger partial charge in [-0.3, -0.25) is 9.59 Å². The summed E-state index contributed by atoms with van der Waals surface area (Å²) in [4.78, 5) is 29.1. The van der Waals surface area contributed by atoms with Crippen molar-refractivity contribution < 1.29 is 14.0 Å². The van der Waals surface area contributed by atoms with Crippen LogP contribution in [-0.2, 0) is 22.6 Å². The van der Waals surface area contributed by atoms with E-state index in [0.717, 1.165) is 10.5 Å². The van der Waals surface area contributed by atoms with Crippen molar-refractivity contribution in [3.63, 3.8) is 0 Å². The lowest BCUT2D eigenvalue weighted by Gasteiger charge is -2.31. The fourth-order valence-corrected chi connectivity index (χ4v) is 4.43. The molecule has 0 aliphatic heterocycles. The van der Waals surface area contributed by atoms with E-state index in [-0.39, 0.29) is 30.6 Å². The van der Waals surface area contributed by atoms with Gasteiger partial charge in [-0.1, -0.05) is 66.7 Å². The standard InChI is InChI=1S/C27H29FN2O2S/c1-2-29-27(32)25(19-21-11-5-3-6-12-21)30(20-22-13-9-10-16-24(22)28)26(31)17-18-33-23-14-7-4-8-15-23/h3-16,25H,2,17-20H2,1H3,(H,29,32)/t25-/m0/s1. The lowest BCUT2D eigenvalue weighted by Crippen LogP contribution is -2.50. The Balaban J connectivity index is 1.84. The average Bonchev–Trinajstić information content (AvgIpc) is 2.84. The molecule has 0 radical (unpaired) electrons. The van der Waals surface area contributed by atoms with Gasteiger partial charge in [0.05, 0.1) is 0 Å². The Labute approximate surface area is 199 Å². The molecule has 4 nitrogen and oxygen atoms in total. The molecule has 1 N–H and O–H groups in total. The molecule has 0 fully saturated rings. The van der Waals surface area contributed by atoms with Crippen LogP contribution in [0.2, 0.25) is 0 Å². The van der Waals surface area contributed by atoms with Crippen LogP contribution in [0.15, 0.2) is 89.8 Å². The largest absolute Gasteiger partial charge is 0.355 e. The van der Waals surface area contributed by atoms with Crippen LogP contribution in [0.4, 0.5) is 4.39 Å². The van der Waals surface area contributed by atoms with Gasteiger partial charge >= 0.3 is 0 Å². The number of carbonyl (C=O) groups is 2. The lowest BCUT2D eigenvalue weighted by molar-refractivity contribution is -0.141. The van der Waals surface area contributed by atoms with E-state index in [1.54, 1.807) is 30.0 Å². The van der Waals surface area contributed by atoms with Crippen molar-refractivity contribution in [2.24, 2.45) is 0 Å². The number of carbonyl (C=O) groups excluding carboxylic acids is 2. The molecule has 0 spiro atoms. The molecule has 3 rings (SSSR count). The van der Waals surface area contributed by atoms with Crippen LogP contribution in [0, 0.1) is 5.82 Å². The molecule has 6 heteroatoms. The minimum atomic E-state index is -0.735. The number of halogens is 1. The minimum absolute atomic E-state index is 0.0378. The number of nitrogens with zero attached hydrogens (tertiary/aromatic N) is 1. The average molecular weight is 465 g/mol. The molecule has 0 aliphatic rings. The Morgan fingerprint density at radius 1 is 0.939 bits per heavy atom. The zero-order valence-electron chi connectivity index (χ0n) is 18.7. The summed E-state index contributed by atoms with van der Waals surface area (Å²) in [6, 6.07) is 25.1. The maximum atomic E-state index is 14.5. The first-order valence-corrected chi connectivity index (χ1v) is 12.1. The first kappa shape index (κ1) is 24.5. The van der Waals surface area contributed by atoms with Gasteiger partial charge in [0, 0.05) is 42.1 Å². The van der Waals surface area contributed by atoms with Crippen LogP contribution in [0.1, 0.15) is 24.5 Å². The van der Waals surface area contributed by atoms with Gasteiger partial charge in [-0.05, 0) is 30.7 Å². The van der Waals surface area contributed by atoms with Gasteiger partial charge in [0.25, 0.3) is 0 Å². The van der Waals surface area contributed by atoms with Gasteiger partial charge in [-0.2, -0.15) is 0 Å². The predicted molar refractivity (Wildman–Crippen MR) is 131 cm³/mol. The van der Waals surface area contributed by atoms with Crippen molar-refractivity contribution in [3.8, 4) is 0 Å². The van der Waals surface area contributed by atoms with Gasteiger partial charge < -0.3 is 10.2 Å². The predicted octanol–water partition coefficient (Wildman–Crippen LogP) is 5.08. The van der Waals surface area contributed by atoms with Gasteiger partial charge in [-0.25, -0.2) is 4.39 Å². The molecule has 0 saturated heterocycles.